The smallest absolute Gasteiger partial charge is 0.189 e. The summed E-state index contributed by atoms with van der Waals surface area (Å²) in [6.07, 6.45) is 7.21. The number of carbonyl (C=O) groups is 1. The lowest BCUT2D eigenvalue weighted by Crippen LogP contribution is -2.07. The molecule has 0 aliphatic heterocycles. The summed E-state index contributed by atoms with van der Waals surface area (Å²) in [6.45, 7) is 0. The Kier molecular flexibility index (Phi) is 4.11. The summed E-state index contributed by atoms with van der Waals surface area (Å²) in [6, 6.07) is 19.8. The largest absolute Gasteiger partial charge is 0.289 e. The second-order valence-electron chi connectivity index (χ2n) is 5.35. The average Bonchev–Trinajstić information content (AvgIpc) is 2.56. The van der Waals surface area contributed by atoms with Gasteiger partial charge in [-0.2, -0.15) is 0 Å². The number of benzene rings is 2. The minimum atomic E-state index is 0.161. The van der Waals surface area contributed by atoms with Crippen LogP contribution in [0.3, 0.4) is 0 Å². The lowest BCUT2D eigenvalue weighted by molar-refractivity contribution is 0.102. The van der Waals surface area contributed by atoms with Gasteiger partial charge in [0.2, 0.25) is 0 Å². The normalized spacial score (nSPS) is 16.6. The van der Waals surface area contributed by atoms with Crippen molar-refractivity contribution >= 4 is 11.9 Å². The second-order valence-corrected chi connectivity index (χ2v) is 5.35. The highest BCUT2D eigenvalue weighted by Gasteiger charge is 2.15. The van der Waals surface area contributed by atoms with Crippen LogP contribution in [0.25, 0.3) is 6.08 Å². The van der Waals surface area contributed by atoms with Gasteiger partial charge in [0.05, 0.1) is 0 Å². The van der Waals surface area contributed by atoms with Gasteiger partial charge >= 0.3 is 0 Å². The van der Waals surface area contributed by atoms with Crippen molar-refractivity contribution < 1.29 is 4.79 Å². The van der Waals surface area contributed by atoms with Gasteiger partial charge in [-0.05, 0) is 30.4 Å². The van der Waals surface area contributed by atoms with Crippen LogP contribution < -0.4 is 0 Å². The molecule has 21 heavy (non-hydrogen) atoms. The van der Waals surface area contributed by atoms with Crippen molar-refractivity contribution in [1.29, 1.82) is 0 Å². The molecule has 1 aliphatic carbocycles. The zero-order valence-electron chi connectivity index (χ0n) is 12.0. The molecular formula is C20H18O. The third-order valence-electron chi connectivity index (χ3n) is 3.75. The zero-order chi connectivity index (χ0) is 14.5. The molecule has 0 saturated heterocycles. The van der Waals surface area contributed by atoms with Crippen molar-refractivity contribution in [2.24, 2.45) is 0 Å². The van der Waals surface area contributed by atoms with E-state index in [1.165, 1.54) is 11.1 Å². The first-order valence-corrected chi connectivity index (χ1v) is 7.39. The molecule has 0 saturated carbocycles. The molecule has 0 amide bonds. The average molecular weight is 274 g/mol. The Bertz CT molecular complexity index is 678. The van der Waals surface area contributed by atoms with E-state index in [1.807, 2.05) is 48.5 Å². The molecule has 0 radical (unpaired) electrons. The maximum absolute atomic E-state index is 12.5. The van der Waals surface area contributed by atoms with Gasteiger partial charge in [-0.1, -0.05) is 72.8 Å². The van der Waals surface area contributed by atoms with Gasteiger partial charge < -0.3 is 0 Å². The van der Waals surface area contributed by atoms with Gasteiger partial charge in [0.25, 0.3) is 0 Å². The van der Waals surface area contributed by atoms with E-state index in [4.69, 9.17) is 0 Å². The molecule has 0 spiro atoms. The number of ketones is 1. The van der Waals surface area contributed by atoms with E-state index >= 15 is 0 Å². The first-order valence-electron chi connectivity index (χ1n) is 7.39. The van der Waals surface area contributed by atoms with Crippen LogP contribution in [0, 0.1) is 0 Å². The minimum Gasteiger partial charge on any atom is -0.289 e. The number of hydrogen-bond donors (Lipinski definition) is 0. The third-order valence-corrected chi connectivity index (χ3v) is 3.75. The summed E-state index contributed by atoms with van der Waals surface area (Å²) in [5.74, 6) is 0.161. The second kappa shape index (κ2) is 6.36. The van der Waals surface area contributed by atoms with Crippen LogP contribution in [0.4, 0.5) is 0 Å². The van der Waals surface area contributed by atoms with E-state index in [2.05, 4.69) is 24.3 Å². The lowest BCUT2D eigenvalue weighted by atomic mass is 9.89. The summed E-state index contributed by atoms with van der Waals surface area (Å²) in [4.78, 5) is 12.5. The van der Waals surface area contributed by atoms with E-state index in [9.17, 15) is 4.79 Å². The maximum Gasteiger partial charge on any atom is 0.189 e. The van der Waals surface area contributed by atoms with E-state index in [0.717, 1.165) is 30.4 Å². The predicted octanol–water partition coefficient (Wildman–Crippen LogP) is 5.06. The Hall–Kier alpha value is -2.41. The molecule has 1 aliphatic rings. The fourth-order valence-electron chi connectivity index (χ4n) is 2.68. The number of hydrogen-bond acceptors (Lipinski definition) is 1. The molecule has 2 aromatic carbocycles. The van der Waals surface area contributed by atoms with Crippen molar-refractivity contribution in [2.45, 2.75) is 19.3 Å². The quantitative estimate of drug-likeness (QED) is 0.715. The zero-order valence-corrected chi connectivity index (χ0v) is 12.0. The van der Waals surface area contributed by atoms with Crippen LogP contribution in [-0.4, -0.2) is 5.78 Å². The molecular weight excluding hydrogens is 256 g/mol. The topological polar surface area (TPSA) is 17.1 Å². The Morgan fingerprint density at radius 2 is 1.52 bits per heavy atom. The fourth-order valence-corrected chi connectivity index (χ4v) is 2.68. The number of Topliss-reactive ketones (excluding diaryl/α,β-unsaturated/α-hetero) is 1. The summed E-state index contributed by atoms with van der Waals surface area (Å²) in [7, 11) is 0. The Balaban J connectivity index is 1.86. The van der Waals surface area contributed by atoms with Gasteiger partial charge in [-0.3, -0.25) is 4.79 Å². The van der Waals surface area contributed by atoms with Gasteiger partial charge in [0.15, 0.2) is 5.78 Å². The number of rotatable bonds is 3. The molecule has 3 rings (SSSR count). The van der Waals surface area contributed by atoms with Gasteiger partial charge in [0, 0.05) is 11.1 Å². The van der Waals surface area contributed by atoms with Crippen LogP contribution in [-0.2, 0) is 0 Å². The van der Waals surface area contributed by atoms with Gasteiger partial charge in [0.1, 0.15) is 0 Å². The van der Waals surface area contributed by atoms with Gasteiger partial charge in [-0.25, -0.2) is 0 Å². The predicted molar refractivity (Wildman–Crippen MR) is 87.1 cm³/mol. The summed E-state index contributed by atoms with van der Waals surface area (Å²) in [5.41, 5.74) is 4.14. The Morgan fingerprint density at radius 3 is 2.24 bits per heavy atom. The summed E-state index contributed by atoms with van der Waals surface area (Å²) in [5, 5.41) is 0. The molecule has 1 nitrogen and oxygen atoms in total. The van der Waals surface area contributed by atoms with Gasteiger partial charge in [-0.15, -0.1) is 0 Å². The monoisotopic (exact) mass is 274 g/mol. The molecule has 2 aromatic rings. The maximum atomic E-state index is 12.5. The molecule has 0 aromatic heterocycles. The van der Waals surface area contributed by atoms with Crippen LogP contribution >= 0.6 is 0 Å². The Labute approximate surface area is 125 Å². The van der Waals surface area contributed by atoms with E-state index in [-0.39, 0.29) is 5.78 Å². The molecule has 0 bridgehead atoms. The first kappa shape index (κ1) is 13.6. The molecule has 0 heterocycles. The van der Waals surface area contributed by atoms with E-state index in [0.29, 0.717) is 0 Å². The van der Waals surface area contributed by atoms with Crippen molar-refractivity contribution in [2.75, 3.05) is 0 Å². The van der Waals surface area contributed by atoms with Crippen molar-refractivity contribution in [3.63, 3.8) is 0 Å². The SMILES string of the molecule is O=C(C1=C/C(=C/c2ccccc2)CCC1)c1ccccc1. The highest BCUT2D eigenvalue weighted by molar-refractivity contribution is 6.09. The standard InChI is InChI=1S/C20H18O/c21-20(18-11-5-2-6-12-18)19-13-7-10-17(15-19)14-16-8-3-1-4-9-16/h1-6,8-9,11-12,14-15H,7,10,13H2/b17-14+. The van der Waals surface area contributed by atoms with Crippen LogP contribution in [0.5, 0.6) is 0 Å². The molecule has 1 heteroatoms. The molecule has 0 atom stereocenters. The molecule has 0 unspecified atom stereocenters. The summed E-state index contributed by atoms with van der Waals surface area (Å²) >= 11 is 0. The van der Waals surface area contributed by atoms with Crippen LogP contribution in [0.15, 0.2) is 77.9 Å². The molecule has 0 N–H and O–H groups in total. The van der Waals surface area contributed by atoms with Crippen LogP contribution in [0.2, 0.25) is 0 Å². The number of carbonyl (C=O) groups excluding carboxylic acids is 1. The fraction of sp³-hybridized carbons (Fsp3) is 0.150. The third kappa shape index (κ3) is 3.38. The van der Waals surface area contributed by atoms with Crippen molar-refractivity contribution in [3.8, 4) is 0 Å². The lowest BCUT2D eigenvalue weighted by Gasteiger charge is -2.14. The molecule has 0 fully saturated rings. The van der Waals surface area contributed by atoms with E-state index in [1.54, 1.807) is 0 Å². The van der Waals surface area contributed by atoms with Crippen molar-refractivity contribution in [1.82, 2.24) is 0 Å². The van der Waals surface area contributed by atoms with E-state index < -0.39 is 0 Å². The van der Waals surface area contributed by atoms with Crippen LogP contribution in [0.1, 0.15) is 35.2 Å². The summed E-state index contributed by atoms with van der Waals surface area (Å²) < 4.78 is 0. The Morgan fingerprint density at radius 1 is 0.857 bits per heavy atom. The van der Waals surface area contributed by atoms with Crippen molar-refractivity contribution in [3.05, 3.63) is 89.0 Å². The number of allylic oxidation sites excluding steroid dienone is 3. The first-order chi connectivity index (χ1) is 10.3. The molecule has 104 valence electrons. The highest BCUT2D eigenvalue weighted by atomic mass is 16.1. The highest BCUT2D eigenvalue weighted by Crippen LogP contribution is 2.26. The minimum absolute atomic E-state index is 0.161.